The first-order valence-corrected chi connectivity index (χ1v) is 5.37. The highest BCUT2D eigenvalue weighted by molar-refractivity contribution is 5.95. The molecule has 0 radical (unpaired) electrons. The Hall–Kier alpha value is -1.88. The van der Waals surface area contributed by atoms with Gasteiger partial charge in [-0.3, -0.25) is 9.59 Å². The highest BCUT2D eigenvalue weighted by Gasteiger charge is 2.10. The lowest BCUT2D eigenvalue weighted by molar-refractivity contribution is -0.136. The average molecular weight is 236 g/mol. The molecule has 0 bridgehead atoms. The van der Waals surface area contributed by atoms with E-state index in [-0.39, 0.29) is 12.3 Å². The molecule has 0 unspecified atom stereocenters. The summed E-state index contributed by atoms with van der Waals surface area (Å²) in [5, 5.41) is 11.3. The number of nitrogens with two attached hydrogens (primary N) is 1. The van der Waals surface area contributed by atoms with Crippen molar-refractivity contribution < 1.29 is 14.7 Å². The molecule has 0 heterocycles. The van der Waals surface area contributed by atoms with Crippen LogP contribution >= 0.6 is 0 Å². The third kappa shape index (κ3) is 4.24. The van der Waals surface area contributed by atoms with Gasteiger partial charge in [-0.25, -0.2) is 0 Å². The quantitative estimate of drug-likeness (QED) is 0.710. The number of carbonyl (C=O) groups excluding carboxylic acids is 1. The Bertz CT molecular complexity index is 416. The lowest BCUT2D eigenvalue weighted by atomic mass is 10.1. The van der Waals surface area contributed by atoms with Crippen molar-refractivity contribution in [3.05, 3.63) is 29.8 Å². The van der Waals surface area contributed by atoms with Crippen LogP contribution in [0.2, 0.25) is 0 Å². The predicted molar refractivity (Wildman–Crippen MR) is 64.7 cm³/mol. The number of rotatable bonds is 5. The first-order chi connectivity index (χ1) is 8.00. The van der Waals surface area contributed by atoms with E-state index in [1.165, 1.54) is 0 Å². The molecule has 0 saturated carbocycles. The van der Waals surface area contributed by atoms with Crippen molar-refractivity contribution >= 4 is 17.6 Å². The highest BCUT2D eigenvalue weighted by Crippen LogP contribution is 2.16. The number of hydrogen-bond acceptors (Lipinski definition) is 3. The topological polar surface area (TPSA) is 92.4 Å². The van der Waals surface area contributed by atoms with E-state index in [4.69, 9.17) is 10.8 Å². The van der Waals surface area contributed by atoms with E-state index < -0.39 is 12.0 Å². The molecular weight excluding hydrogens is 220 g/mol. The van der Waals surface area contributed by atoms with Gasteiger partial charge in [0.2, 0.25) is 5.91 Å². The maximum absolute atomic E-state index is 11.5. The summed E-state index contributed by atoms with van der Waals surface area (Å²) < 4.78 is 0. The van der Waals surface area contributed by atoms with Crippen LogP contribution < -0.4 is 11.1 Å². The normalized spacial score (nSPS) is 11.9. The van der Waals surface area contributed by atoms with E-state index in [1.807, 2.05) is 0 Å². The molecule has 0 aliphatic carbocycles. The number of hydrogen-bond donors (Lipinski definition) is 3. The molecule has 0 spiro atoms. The first-order valence-electron chi connectivity index (χ1n) is 5.37. The van der Waals surface area contributed by atoms with Gasteiger partial charge in [-0.2, -0.15) is 0 Å². The Kier molecular flexibility index (Phi) is 4.66. The summed E-state index contributed by atoms with van der Waals surface area (Å²) in [4.78, 5) is 22.0. The predicted octanol–water partition coefficient (Wildman–Crippen LogP) is 0.989. The molecule has 0 aliphatic rings. The van der Waals surface area contributed by atoms with Crippen molar-refractivity contribution in [1.29, 1.82) is 0 Å². The maximum atomic E-state index is 11.5. The summed E-state index contributed by atoms with van der Waals surface area (Å²) in [6, 6.07) is 6.51. The van der Waals surface area contributed by atoms with Crippen LogP contribution in [0.3, 0.4) is 0 Å². The Morgan fingerprint density at radius 1 is 1.41 bits per heavy atom. The Morgan fingerprint density at radius 2 is 2.06 bits per heavy atom. The summed E-state index contributed by atoms with van der Waals surface area (Å²) in [6.07, 6.45) is 0.413. The number of carbonyl (C=O) groups is 2. The molecule has 17 heavy (non-hydrogen) atoms. The summed E-state index contributed by atoms with van der Waals surface area (Å²) in [7, 11) is 0. The number of benzene rings is 1. The zero-order chi connectivity index (χ0) is 12.8. The van der Waals surface area contributed by atoms with Crippen LogP contribution in [-0.4, -0.2) is 23.0 Å². The molecule has 1 atom stereocenters. The second-order valence-corrected chi connectivity index (χ2v) is 3.83. The second-order valence-electron chi connectivity index (χ2n) is 3.83. The summed E-state index contributed by atoms with van der Waals surface area (Å²) >= 11 is 0. The van der Waals surface area contributed by atoms with Gasteiger partial charge in [0.05, 0.1) is 6.04 Å². The van der Waals surface area contributed by atoms with E-state index in [0.29, 0.717) is 12.1 Å². The number of carboxylic acid groups (broad SMARTS) is 1. The zero-order valence-electron chi connectivity index (χ0n) is 9.64. The third-order valence-corrected chi connectivity index (χ3v) is 2.30. The average Bonchev–Trinajstić information content (AvgIpc) is 2.27. The molecule has 4 N–H and O–H groups in total. The molecule has 0 fully saturated rings. The van der Waals surface area contributed by atoms with E-state index in [1.54, 1.807) is 31.2 Å². The van der Waals surface area contributed by atoms with Crippen molar-refractivity contribution in [3.63, 3.8) is 0 Å². The van der Waals surface area contributed by atoms with Gasteiger partial charge in [0.1, 0.15) is 0 Å². The summed E-state index contributed by atoms with van der Waals surface area (Å²) in [5.74, 6) is -1.15. The highest BCUT2D eigenvalue weighted by atomic mass is 16.4. The molecule has 1 aromatic carbocycles. The van der Waals surface area contributed by atoms with Crippen molar-refractivity contribution in [2.75, 3.05) is 5.32 Å². The number of para-hydroxylation sites is 1. The molecule has 5 nitrogen and oxygen atoms in total. The maximum Gasteiger partial charge on any atom is 0.303 e. The van der Waals surface area contributed by atoms with Gasteiger partial charge in [-0.05, 0) is 25.0 Å². The lowest BCUT2D eigenvalue weighted by Crippen LogP contribution is -2.32. The van der Waals surface area contributed by atoms with Crippen LogP contribution in [0.1, 0.15) is 18.9 Å². The van der Waals surface area contributed by atoms with E-state index in [0.717, 1.165) is 5.56 Å². The molecule has 92 valence electrons. The van der Waals surface area contributed by atoms with Crippen molar-refractivity contribution in [2.24, 2.45) is 5.73 Å². The second kappa shape index (κ2) is 6.00. The Labute approximate surface area is 99.6 Å². The number of nitrogens with one attached hydrogen (secondary N) is 1. The minimum Gasteiger partial charge on any atom is -0.481 e. The fourth-order valence-corrected chi connectivity index (χ4v) is 1.35. The standard InChI is InChI=1S/C12H16N2O3/c1-8(13)12(17)14-10-5-3-2-4-9(10)6-7-11(15)16/h2-5,8H,6-7,13H2,1H3,(H,14,17)(H,15,16)/t8-/m1/s1. The number of amides is 1. The summed E-state index contributed by atoms with van der Waals surface area (Å²) in [5.41, 5.74) is 6.87. The molecule has 0 aromatic heterocycles. The number of aryl methyl sites for hydroxylation is 1. The molecule has 5 heteroatoms. The van der Waals surface area contributed by atoms with Crippen molar-refractivity contribution in [3.8, 4) is 0 Å². The SMILES string of the molecule is C[C@@H](N)C(=O)Nc1ccccc1CCC(=O)O. The minimum atomic E-state index is -0.863. The monoisotopic (exact) mass is 236 g/mol. The zero-order valence-corrected chi connectivity index (χ0v) is 9.64. The number of aliphatic carboxylic acids is 1. The van der Waals surface area contributed by atoms with E-state index in [2.05, 4.69) is 5.32 Å². The van der Waals surface area contributed by atoms with Gasteiger partial charge in [0.25, 0.3) is 0 Å². The van der Waals surface area contributed by atoms with E-state index in [9.17, 15) is 9.59 Å². The van der Waals surface area contributed by atoms with Crippen LogP contribution in [0, 0.1) is 0 Å². The number of anilines is 1. The Morgan fingerprint density at radius 3 is 2.65 bits per heavy atom. The fourth-order valence-electron chi connectivity index (χ4n) is 1.35. The largest absolute Gasteiger partial charge is 0.481 e. The molecular formula is C12H16N2O3. The van der Waals surface area contributed by atoms with Gasteiger partial charge in [0.15, 0.2) is 0 Å². The van der Waals surface area contributed by atoms with Crippen LogP contribution in [0.15, 0.2) is 24.3 Å². The molecule has 0 aliphatic heterocycles. The third-order valence-electron chi connectivity index (χ3n) is 2.30. The van der Waals surface area contributed by atoms with Gasteiger partial charge in [0, 0.05) is 12.1 Å². The molecule has 0 saturated heterocycles. The Balaban J connectivity index is 2.77. The van der Waals surface area contributed by atoms with Crippen LogP contribution in [0.4, 0.5) is 5.69 Å². The van der Waals surface area contributed by atoms with Crippen molar-refractivity contribution in [2.45, 2.75) is 25.8 Å². The molecule has 1 aromatic rings. The van der Waals surface area contributed by atoms with Crippen molar-refractivity contribution in [1.82, 2.24) is 0 Å². The van der Waals surface area contributed by atoms with Gasteiger partial charge < -0.3 is 16.2 Å². The summed E-state index contributed by atoms with van der Waals surface area (Å²) in [6.45, 7) is 1.59. The smallest absolute Gasteiger partial charge is 0.303 e. The van der Waals surface area contributed by atoms with Crippen LogP contribution in [0.25, 0.3) is 0 Å². The van der Waals surface area contributed by atoms with Gasteiger partial charge in [-0.15, -0.1) is 0 Å². The van der Waals surface area contributed by atoms with Gasteiger partial charge >= 0.3 is 5.97 Å². The molecule has 1 rings (SSSR count). The first kappa shape index (κ1) is 13.2. The number of carboxylic acids is 1. The van der Waals surface area contributed by atoms with E-state index >= 15 is 0 Å². The van der Waals surface area contributed by atoms with Gasteiger partial charge in [-0.1, -0.05) is 18.2 Å². The fraction of sp³-hybridized carbons (Fsp3) is 0.333. The van der Waals surface area contributed by atoms with Crippen LogP contribution in [0.5, 0.6) is 0 Å². The minimum absolute atomic E-state index is 0.0328. The lowest BCUT2D eigenvalue weighted by Gasteiger charge is -2.11. The van der Waals surface area contributed by atoms with Crippen LogP contribution in [-0.2, 0) is 16.0 Å². The molecule has 1 amide bonds.